The SMILES string of the molecule is COC(=O)C1(c2cc(Cl)ccc2Br)CCNC1. The topological polar surface area (TPSA) is 38.3 Å². The molecule has 92 valence electrons. The first-order valence-electron chi connectivity index (χ1n) is 5.35. The van der Waals surface area contributed by atoms with Gasteiger partial charge in [-0.3, -0.25) is 4.79 Å². The highest BCUT2D eigenvalue weighted by Crippen LogP contribution is 2.38. The molecule has 1 aliphatic heterocycles. The number of hydrogen-bond donors (Lipinski definition) is 1. The van der Waals surface area contributed by atoms with Gasteiger partial charge in [0, 0.05) is 16.0 Å². The second-order valence-corrected chi connectivity index (χ2v) is 5.42. The van der Waals surface area contributed by atoms with E-state index in [0.717, 1.165) is 23.0 Å². The highest BCUT2D eigenvalue weighted by molar-refractivity contribution is 9.10. The second-order valence-electron chi connectivity index (χ2n) is 4.12. The molecule has 1 aliphatic rings. The lowest BCUT2D eigenvalue weighted by Crippen LogP contribution is -2.39. The van der Waals surface area contributed by atoms with Gasteiger partial charge < -0.3 is 10.1 Å². The van der Waals surface area contributed by atoms with E-state index in [1.807, 2.05) is 12.1 Å². The van der Waals surface area contributed by atoms with Gasteiger partial charge in [0.05, 0.1) is 7.11 Å². The minimum absolute atomic E-state index is 0.217. The Morgan fingerprint density at radius 3 is 2.94 bits per heavy atom. The maximum absolute atomic E-state index is 12.1. The monoisotopic (exact) mass is 317 g/mol. The van der Waals surface area contributed by atoms with Crippen molar-refractivity contribution in [2.45, 2.75) is 11.8 Å². The van der Waals surface area contributed by atoms with Crippen LogP contribution in [0.3, 0.4) is 0 Å². The van der Waals surface area contributed by atoms with Crippen LogP contribution in [0.1, 0.15) is 12.0 Å². The van der Waals surface area contributed by atoms with Gasteiger partial charge in [-0.1, -0.05) is 27.5 Å². The molecule has 1 saturated heterocycles. The number of methoxy groups -OCH3 is 1. The molecule has 3 nitrogen and oxygen atoms in total. The van der Waals surface area contributed by atoms with Crippen molar-refractivity contribution in [2.24, 2.45) is 0 Å². The summed E-state index contributed by atoms with van der Waals surface area (Å²) in [4.78, 5) is 12.1. The van der Waals surface area contributed by atoms with Crippen molar-refractivity contribution >= 4 is 33.5 Å². The maximum Gasteiger partial charge on any atom is 0.317 e. The van der Waals surface area contributed by atoms with Crippen LogP contribution < -0.4 is 5.32 Å². The van der Waals surface area contributed by atoms with Crippen molar-refractivity contribution in [3.63, 3.8) is 0 Å². The molecule has 1 aromatic rings. The smallest absolute Gasteiger partial charge is 0.317 e. The van der Waals surface area contributed by atoms with Crippen molar-refractivity contribution < 1.29 is 9.53 Å². The molecule has 1 N–H and O–H groups in total. The van der Waals surface area contributed by atoms with Crippen LogP contribution in [-0.4, -0.2) is 26.2 Å². The van der Waals surface area contributed by atoms with Crippen molar-refractivity contribution in [3.8, 4) is 0 Å². The summed E-state index contributed by atoms with van der Waals surface area (Å²) in [6.07, 6.45) is 0.721. The highest BCUT2D eigenvalue weighted by Gasteiger charge is 2.45. The first kappa shape index (κ1) is 12.9. The van der Waals surface area contributed by atoms with Crippen molar-refractivity contribution in [2.75, 3.05) is 20.2 Å². The van der Waals surface area contributed by atoms with E-state index in [1.54, 1.807) is 6.07 Å². The molecule has 0 amide bonds. The third-order valence-corrected chi connectivity index (χ3v) is 4.10. The number of halogens is 2. The molecular formula is C12H13BrClNO2. The number of carbonyl (C=O) groups is 1. The average Bonchev–Trinajstić information content (AvgIpc) is 2.81. The van der Waals surface area contributed by atoms with Crippen LogP contribution in [0.25, 0.3) is 0 Å². The molecule has 1 unspecified atom stereocenters. The summed E-state index contributed by atoms with van der Waals surface area (Å²) >= 11 is 9.49. The molecule has 1 fully saturated rings. The molecule has 1 atom stereocenters. The molecule has 0 spiro atoms. The van der Waals surface area contributed by atoms with Gasteiger partial charge in [0.15, 0.2) is 0 Å². The van der Waals surface area contributed by atoms with Gasteiger partial charge in [0.2, 0.25) is 0 Å². The summed E-state index contributed by atoms with van der Waals surface area (Å²) in [7, 11) is 1.42. The van der Waals surface area contributed by atoms with Gasteiger partial charge in [0.1, 0.15) is 5.41 Å². The number of ether oxygens (including phenoxy) is 1. The first-order valence-corrected chi connectivity index (χ1v) is 6.52. The fourth-order valence-electron chi connectivity index (χ4n) is 2.27. The zero-order valence-corrected chi connectivity index (χ0v) is 11.8. The third kappa shape index (κ3) is 2.21. The van der Waals surface area contributed by atoms with Crippen LogP contribution in [0, 0.1) is 0 Å². The molecule has 17 heavy (non-hydrogen) atoms. The third-order valence-electron chi connectivity index (χ3n) is 3.18. The van der Waals surface area contributed by atoms with Gasteiger partial charge in [-0.2, -0.15) is 0 Å². The standard InChI is InChI=1S/C12H13BrClNO2/c1-17-11(16)12(4-5-15-7-12)9-6-8(14)2-3-10(9)13/h2-3,6,15H,4-5,7H2,1H3. The fourth-order valence-corrected chi connectivity index (χ4v) is 3.06. The summed E-state index contributed by atoms with van der Waals surface area (Å²) in [5, 5.41) is 3.83. The summed E-state index contributed by atoms with van der Waals surface area (Å²) in [5.74, 6) is -0.217. The lowest BCUT2D eigenvalue weighted by molar-refractivity contribution is -0.146. The van der Waals surface area contributed by atoms with E-state index in [9.17, 15) is 4.79 Å². The van der Waals surface area contributed by atoms with E-state index in [-0.39, 0.29) is 5.97 Å². The van der Waals surface area contributed by atoms with Gasteiger partial charge >= 0.3 is 5.97 Å². The Morgan fingerprint density at radius 2 is 2.35 bits per heavy atom. The van der Waals surface area contributed by atoms with E-state index in [0.29, 0.717) is 11.6 Å². The van der Waals surface area contributed by atoms with Gasteiger partial charge in [-0.25, -0.2) is 0 Å². The number of hydrogen-bond acceptors (Lipinski definition) is 3. The minimum atomic E-state index is -0.627. The van der Waals surface area contributed by atoms with E-state index in [2.05, 4.69) is 21.2 Å². The summed E-state index contributed by atoms with van der Waals surface area (Å²) in [6.45, 7) is 1.38. The number of carbonyl (C=O) groups excluding carboxylic acids is 1. The average molecular weight is 319 g/mol. The number of esters is 1. The van der Waals surface area contributed by atoms with E-state index >= 15 is 0 Å². The number of nitrogens with one attached hydrogen (secondary N) is 1. The van der Waals surface area contributed by atoms with E-state index in [4.69, 9.17) is 16.3 Å². The van der Waals surface area contributed by atoms with E-state index < -0.39 is 5.41 Å². The van der Waals surface area contributed by atoms with Crippen LogP contribution in [0.5, 0.6) is 0 Å². The lowest BCUT2D eigenvalue weighted by Gasteiger charge is -2.26. The van der Waals surface area contributed by atoms with Crippen molar-refractivity contribution in [3.05, 3.63) is 33.3 Å². The predicted molar refractivity (Wildman–Crippen MR) is 70.3 cm³/mol. The second kappa shape index (κ2) is 4.96. The summed E-state index contributed by atoms with van der Waals surface area (Å²) in [6, 6.07) is 5.48. The fraction of sp³-hybridized carbons (Fsp3) is 0.417. The van der Waals surface area contributed by atoms with Gasteiger partial charge in [0.25, 0.3) is 0 Å². The Labute approximate surface area is 114 Å². The Bertz CT molecular complexity index is 444. The zero-order valence-electron chi connectivity index (χ0n) is 9.43. The minimum Gasteiger partial charge on any atom is -0.468 e. The van der Waals surface area contributed by atoms with Crippen LogP contribution in [0.4, 0.5) is 0 Å². The quantitative estimate of drug-likeness (QED) is 0.852. The molecular weight excluding hydrogens is 305 g/mol. The Hall–Kier alpha value is -0.580. The predicted octanol–water partition coefficient (Wildman–Crippen LogP) is 2.51. The molecule has 1 aromatic carbocycles. The van der Waals surface area contributed by atoms with E-state index in [1.165, 1.54) is 7.11 Å². The van der Waals surface area contributed by atoms with Crippen LogP contribution in [0.2, 0.25) is 5.02 Å². The molecule has 2 rings (SSSR count). The molecule has 1 heterocycles. The number of rotatable bonds is 2. The molecule has 0 aliphatic carbocycles. The molecule has 0 aromatic heterocycles. The normalized spacial score (nSPS) is 23.7. The van der Waals surface area contributed by atoms with Crippen LogP contribution in [-0.2, 0) is 14.9 Å². The maximum atomic E-state index is 12.1. The lowest BCUT2D eigenvalue weighted by atomic mass is 9.80. The summed E-state index contributed by atoms with van der Waals surface area (Å²) in [5.41, 5.74) is 0.264. The van der Waals surface area contributed by atoms with Crippen LogP contribution in [0.15, 0.2) is 22.7 Å². The molecule has 0 saturated carbocycles. The van der Waals surface area contributed by atoms with Gasteiger partial charge in [-0.05, 0) is 36.7 Å². The van der Waals surface area contributed by atoms with Crippen molar-refractivity contribution in [1.82, 2.24) is 5.32 Å². The molecule has 0 bridgehead atoms. The Kier molecular flexibility index (Phi) is 3.76. The number of benzene rings is 1. The molecule has 5 heteroatoms. The Balaban J connectivity index is 2.53. The van der Waals surface area contributed by atoms with Crippen LogP contribution >= 0.6 is 27.5 Å². The zero-order chi connectivity index (χ0) is 12.5. The highest BCUT2D eigenvalue weighted by atomic mass is 79.9. The van der Waals surface area contributed by atoms with Gasteiger partial charge in [-0.15, -0.1) is 0 Å². The first-order chi connectivity index (χ1) is 8.10. The largest absolute Gasteiger partial charge is 0.468 e. The van der Waals surface area contributed by atoms with Crippen molar-refractivity contribution in [1.29, 1.82) is 0 Å². The summed E-state index contributed by atoms with van der Waals surface area (Å²) < 4.78 is 5.83. The Morgan fingerprint density at radius 1 is 1.59 bits per heavy atom. The molecule has 0 radical (unpaired) electrons.